The summed E-state index contributed by atoms with van der Waals surface area (Å²) in [6.07, 6.45) is 1.82. The fraction of sp³-hybridized carbons (Fsp3) is 0.0588. The van der Waals surface area contributed by atoms with Crippen LogP contribution < -0.4 is 0 Å². The molecule has 0 fully saturated rings. The van der Waals surface area contributed by atoms with Gasteiger partial charge >= 0.3 is 0 Å². The van der Waals surface area contributed by atoms with Crippen LogP contribution in [-0.4, -0.2) is 12.1 Å². The first kappa shape index (κ1) is 13.0. The summed E-state index contributed by atoms with van der Waals surface area (Å²) in [6.45, 7) is 1.61. The lowest BCUT2D eigenvalue weighted by Crippen LogP contribution is -2.05. The summed E-state index contributed by atoms with van der Waals surface area (Å²) in [5.74, 6) is -0.160. The summed E-state index contributed by atoms with van der Waals surface area (Å²) in [5.41, 5.74) is 2.02. The van der Waals surface area contributed by atoms with Crippen molar-refractivity contribution in [3.63, 3.8) is 0 Å². The number of carbonyl (C=O) groups is 1. The maximum Gasteiger partial charge on any atom is 0.229 e. The molecule has 0 bridgehead atoms. The molecule has 0 aliphatic rings. The van der Waals surface area contributed by atoms with Crippen molar-refractivity contribution < 1.29 is 9.59 Å². The Kier molecular flexibility index (Phi) is 4.04. The van der Waals surface area contributed by atoms with Gasteiger partial charge in [-0.2, -0.15) is 0 Å². The molecule has 0 aromatic heterocycles. The van der Waals surface area contributed by atoms with Crippen LogP contribution in [0.1, 0.15) is 22.8 Å². The summed E-state index contributed by atoms with van der Waals surface area (Å²) in [6, 6.07) is 18.1. The van der Waals surface area contributed by atoms with Crippen LogP contribution in [0.5, 0.6) is 0 Å². The molecule has 2 heteroatoms. The second-order valence-electron chi connectivity index (χ2n) is 4.16. The zero-order valence-electron chi connectivity index (χ0n) is 10.6. The summed E-state index contributed by atoms with van der Waals surface area (Å²) < 4.78 is 0. The second kappa shape index (κ2) is 5.91. The van der Waals surface area contributed by atoms with E-state index in [1.165, 1.54) is 0 Å². The minimum Gasteiger partial charge on any atom is -0.289 e. The molecule has 2 rings (SSSR count). The van der Waals surface area contributed by atoms with E-state index in [9.17, 15) is 9.59 Å². The van der Waals surface area contributed by atoms with Crippen LogP contribution in [0.4, 0.5) is 0 Å². The molecule has 0 aliphatic heterocycles. The summed E-state index contributed by atoms with van der Waals surface area (Å²) in [7, 11) is 0. The predicted molar refractivity (Wildman–Crippen MR) is 75.5 cm³/mol. The zero-order valence-corrected chi connectivity index (χ0v) is 10.6. The number of Topliss-reactive ketones (excluding diaryl/α,β-unsaturated/α-hetero) is 1. The van der Waals surface area contributed by atoms with E-state index in [0.717, 1.165) is 5.56 Å². The zero-order chi connectivity index (χ0) is 13.7. The minimum absolute atomic E-state index is 0.160. The monoisotopic (exact) mass is 249 g/mol. The molecule has 0 amide bonds. The SMILES string of the molecule is C/C([C]=O)=C(\C(=O)c1ccccc1)c1ccccc1. The highest BCUT2D eigenvalue weighted by Crippen LogP contribution is 2.22. The van der Waals surface area contributed by atoms with Crippen molar-refractivity contribution in [2.75, 3.05) is 0 Å². The average Bonchev–Trinajstić information content (AvgIpc) is 2.49. The number of carbonyl (C=O) groups excluding carboxylic acids is 2. The first-order chi connectivity index (χ1) is 9.24. The maximum atomic E-state index is 12.5. The van der Waals surface area contributed by atoms with Gasteiger partial charge in [0.05, 0.1) is 0 Å². The molecule has 0 saturated carbocycles. The first-order valence-corrected chi connectivity index (χ1v) is 5.98. The first-order valence-electron chi connectivity index (χ1n) is 5.98. The molecule has 0 saturated heterocycles. The Morgan fingerprint density at radius 3 is 1.79 bits per heavy atom. The molecular formula is C17H13O2. The smallest absolute Gasteiger partial charge is 0.229 e. The van der Waals surface area contributed by atoms with Crippen molar-refractivity contribution in [2.24, 2.45) is 0 Å². The van der Waals surface area contributed by atoms with Gasteiger partial charge in [-0.3, -0.25) is 9.59 Å². The third-order valence-corrected chi connectivity index (χ3v) is 2.85. The topological polar surface area (TPSA) is 34.1 Å². The Balaban J connectivity index is 2.53. The van der Waals surface area contributed by atoms with Gasteiger partial charge in [-0.25, -0.2) is 0 Å². The number of allylic oxidation sites excluding steroid dienone is 2. The molecule has 0 spiro atoms. The van der Waals surface area contributed by atoms with Gasteiger partial charge in [-0.1, -0.05) is 60.7 Å². The van der Waals surface area contributed by atoms with E-state index in [1.54, 1.807) is 31.2 Å². The molecular weight excluding hydrogens is 236 g/mol. The highest BCUT2D eigenvalue weighted by molar-refractivity contribution is 6.31. The van der Waals surface area contributed by atoms with E-state index in [2.05, 4.69) is 0 Å². The maximum absolute atomic E-state index is 12.5. The molecule has 0 atom stereocenters. The van der Waals surface area contributed by atoms with Crippen molar-refractivity contribution in [3.05, 3.63) is 77.4 Å². The fourth-order valence-corrected chi connectivity index (χ4v) is 1.91. The largest absolute Gasteiger partial charge is 0.289 e. The third-order valence-electron chi connectivity index (χ3n) is 2.85. The van der Waals surface area contributed by atoms with Crippen molar-refractivity contribution >= 4 is 17.6 Å². The van der Waals surface area contributed by atoms with E-state index in [4.69, 9.17) is 0 Å². The van der Waals surface area contributed by atoms with Gasteiger partial charge in [-0.15, -0.1) is 0 Å². The van der Waals surface area contributed by atoms with Crippen LogP contribution in [0.15, 0.2) is 66.2 Å². The molecule has 1 radical (unpaired) electrons. The minimum atomic E-state index is -0.160. The molecule has 2 aromatic rings. The highest BCUT2D eigenvalue weighted by Gasteiger charge is 2.16. The van der Waals surface area contributed by atoms with Gasteiger partial charge in [0.1, 0.15) is 0 Å². The Labute approximate surface area is 112 Å². The molecule has 2 nitrogen and oxygen atoms in total. The molecule has 2 aromatic carbocycles. The molecule has 0 heterocycles. The van der Waals surface area contributed by atoms with Crippen LogP contribution >= 0.6 is 0 Å². The number of benzene rings is 2. The molecule has 0 N–H and O–H groups in total. The van der Waals surface area contributed by atoms with E-state index in [-0.39, 0.29) is 5.78 Å². The van der Waals surface area contributed by atoms with Crippen molar-refractivity contribution in [3.8, 4) is 0 Å². The van der Waals surface area contributed by atoms with Gasteiger partial charge in [0.25, 0.3) is 0 Å². The third kappa shape index (κ3) is 2.86. The molecule has 0 unspecified atom stereocenters. The average molecular weight is 249 g/mol. The van der Waals surface area contributed by atoms with Crippen LogP contribution in [0.3, 0.4) is 0 Å². The lowest BCUT2D eigenvalue weighted by Gasteiger charge is -2.08. The van der Waals surface area contributed by atoms with Gasteiger partial charge in [0, 0.05) is 16.7 Å². The molecule has 0 aliphatic carbocycles. The van der Waals surface area contributed by atoms with Gasteiger partial charge < -0.3 is 0 Å². The summed E-state index contributed by atoms with van der Waals surface area (Å²) in [4.78, 5) is 23.4. The Bertz CT molecular complexity index is 610. The van der Waals surface area contributed by atoms with Gasteiger partial charge in [-0.05, 0) is 12.5 Å². The Morgan fingerprint density at radius 2 is 1.32 bits per heavy atom. The standard InChI is InChI=1S/C17H13O2/c1-13(12-18)16(14-8-4-2-5-9-14)17(19)15-10-6-3-7-11-15/h2-11H,1H3/b16-13+. The number of hydrogen-bond donors (Lipinski definition) is 0. The van der Waals surface area contributed by atoms with E-state index >= 15 is 0 Å². The quantitative estimate of drug-likeness (QED) is 0.614. The second-order valence-corrected chi connectivity index (χ2v) is 4.16. The van der Waals surface area contributed by atoms with Crippen molar-refractivity contribution in [1.82, 2.24) is 0 Å². The predicted octanol–water partition coefficient (Wildman–Crippen LogP) is 3.45. The Hall–Kier alpha value is -2.48. The van der Waals surface area contributed by atoms with E-state index in [0.29, 0.717) is 16.7 Å². The lowest BCUT2D eigenvalue weighted by molar-refractivity contribution is 0.105. The van der Waals surface area contributed by atoms with Crippen LogP contribution in [-0.2, 0) is 4.79 Å². The van der Waals surface area contributed by atoms with E-state index in [1.807, 2.05) is 42.7 Å². The van der Waals surface area contributed by atoms with Crippen molar-refractivity contribution in [2.45, 2.75) is 6.92 Å². The number of hydrogen-bond acceptors (Lipinski definition) is 2. The van der Waals surface area contributed by atoms with Crippen LogP contribution in [0, 0.1) is 0 Å². The van der Waals surface area contributed by atoms with Crippen molar-refractivity contribution in [1.29, 1.82) is 0 Å². The molecule has 19 heavy (non-hydrogen) atoms. The summed E-state index contributed by atoms with van der Waals surface area (Å²) in [5, 5.41) is 0. The Morgan fingerprint density at radius 1 is 0.842 bits per heavy atom. The van der Waals surface area contributed by atoms with Gasteiger partial charge in [0.2, 0.25) is 6.29 Å². The number of rotatable bonds is 4. The summed E-state index contributed by atoms with van der Waals surface area (Å²) >= 11 is 0. The lowest BCUT2D eigenvalue weighted by atomic mass is 9.93. The molecule has 93 valence electrons. The van der Waals surface area contributed by atoms with Crippen LogP contribution in [0.2, 0.25) is 0 Å². The number of ketones is 1. The van der Waals surface area contributed by atoms with Gasteiger partial charge in [0.15, 0.2) is 5.78 Å². The van der Waals surface area contributed by atoms with E-state index < -0.39 is 0 Å². The van der Waals surface area contributed by atoms with Crippen LogP contribution in [0.25, 0.3) is 5.57 Å². The fourth-order valence-electron chi connectivity index (χ4n) is 1.91. The normalized spacial score (nSPS) is 11.6. The highest BCUT2D eigenvalue weighted by atomic mass is 16.1.